The molecule has 0 radical (unpaired) electrons. The maximum absolute atomic E-state index is 2.50. The van der Waals surface area contributed by atoms with Gasteiger partial charge in [-0.3, -0.25) is 0 Å². The molecule has 2 nitrogen and oxygen atoms in total. The molecule has 0 fully saturated rings. The molecule has 0 aliphatic heterocycles. The normalized spacial score (nSPS) is 12.9. The van der Waals surface area contributed by atoms with Crippen LogP contribution in [-0.2, 0) is 5.41 Å². The minimum absolute atomic E-state index is 0.458. The second-order valence-electron chi connectivity index (χ2n) is 17.9. The first-order valence-corrected chi connectivity index (χ1v) is 23.3. The summed E-state index contributed by atoms with van der Waals surface area (Å²) in [6.07, 6.45) is 0. The Balaban J connectivity index is 1.01. The number of fused-ring (bicyclic) bond motifs is 14. The zero-order valence-electron chi connectivity index (χ0n) is 36.6. The molecular weight excluding hydrogens is 809 g/mol. The largest absolute Gasteiger partial charge is 0.310 e. The molecule has 14 rings (SSSR count). The Bertz CT molecular complexity index is 3830. The maximum atomic E-state index is 2.50. The average Bonchev–Trinajstić information content (AvgIpc) is 4.01. The second-order valence-corrected chi connectivity index (χ2v) is 17.9. The van der Waals surface area contributed by atoms with Crippen LogP contribution in [0.15, 0.2) is 255 Å². The van der Waals surface area contributed by atoms with Gasteiger partial charge in [0.1, 0.15) is 0 Å². The van der Waals surface area contributed by atoms with E-state index in [1.54, 1.807) is 0 Å². The van der Waals surface area contributed by atoms with Gasteiger partial charge in [0.05, 0.1) is 22.1 Å². The Kier molecular flexibility index (Phi) is 8.23. The van der Waals surface area contributed by atoms with Crippen LogP contribution in [0, 0.1) is 0 Å². The second kappa shape index (κ2) is 14.7. The fourth-order valence-corrected chi connectivity index (χ4v) is 11.9. The molecule has 1 spiro atoms. The van der Waals surface area contributed by atoms with Crippen molar-refractivity contribution in [1.82, 2.24) is 4.57 Å². The highest BCUT2D eigenvalue weighted by atomic mass is 15.1. The topological polar surface area (TPSA) is 8.17 Å². The molecule has 312 valence electrons. The van der Waals surface area contributed by atoms with Gasteiger partial charge in [-0.2, -0.15) is 0 Å². The van der Waals surface area contributed by atoms with Gasteiger partial charge in [0.2, 0.25) is 0 Å². The van der Waals surface area contributed by atoms with E-state index in [0.717, 1.165) is 22.7 Å². The predicted octanol–water partition coefficient (Wildman–Crippen LogP) is 17.1. The summed E-state index contributed by atoms with van der Waals surface area (Å²) < 4.78 is 2.42. The molecule has 2 aliphatic rings. The van der Waals surface area contributed by atoms with Crippen molar-refractivity contribution >= 4 is 49.6 Å². The summed E-state index contributed by atoms with van der Waals surface area (Å²) >= 11 is 0. The van der Waals surface area contributed by atoms with E-state index in [9.17, 15) is 0 Å². The van der Waals surface area contributed by atoms with E-state index >= 15 is 0 Å². The quantitative estimate of drug-likeness (QED) is 0.162. The number of hydrogen-bond acceptors (Lipinski definition) is 1. The summed E-state index contributed by atoms with van der Waals surface area (Å²) in [5.74, 6) is 0. The molecule has 0 bridgehead atoms. The first kappa shape index (κ1) is 37.6. The molecule has 2 aliphatic carbocycles. The lowest BCUT2D eigenvalue weighted by molar-refractivity contribution is 0.794. The molecule has 0 atom stereocenters. The average molecular weight is 851 g/mol. The van der Waals surface area contributed by atoms with Crippen LogP contribution in [0.4, 0.5) is 17.1 Å². The van der Waals surface area contributed by atoms with Crippen molar-refractivity contribution < 1.29 is 0 Å². The molecule has 11 aromatic carbocycles. The summed E-state index contributed by atoms with van der Waals surface area (Å²) in [7, 11) is 0. The molecule has 0 saturated heterocycles. The monoisotopic (exact) mass is 850 g/mol. The third kappa shape index (κ3) is 5.39. The van der Waals surface area contributed by atoms with Crippen molar-refractivity contribution in [2.45, 2.75) is 5.41 Å². The van der Waals surface area contributed by atoms with Crippen LogP contribution < -0.4 is 4.90 Å². The van der Waals surface area contributed by atoms with E-state index in [1.807, 2.05) is 0 Å². The maximum Gasteiger partial charge on any atom is 0.0726 e. The highest BCUT2D eigenvalue weighted by Crippen LogP contribution is 2.64. The molecule has 2 heteroatoms. The predicted molar refractivity (Wildman–Crippen MR) is 280 cm³/mol. The summed E-state index contributed by atoms with van der Waals surface area (Å²) in [4.78, 5) is 2.50. The van der Waals surface area contributed by atoms with Crippen molar-refractivity contribution in [3.8, 4) is 50.2 Å². The third-order valence-corrected chi connectivity index (χ3v) is 14.6. The molecule has 0 N–H and O–H groups in total. The van der Waals surface area contributed by atoms with Gasteiger partial charge in [0, 0.05) is 33.4 Å². The van der Waals surface area contributed by atoms with Gasteiger partial charge >= 0.3 is 0 Å². The first-order valence-electron chi connectivity index (χ1n) is 23.3. The molecule has 1 aromatic heterocycles. The van der Waals surface area contributed by atoms with Crippen LogP contribution in [0.3, 0.4) is 0 Å². The molecule has 67 heavy (non-hydrogen) atoms. The fourth-order valence-electron chi connectivity index (χ4n) is 11.9. The van der Waals surface area contributed by atoms with Crippen LogP contribution in [0.1, 0.15) is 22.3 Å². The van der Waals surface area contributed by atoms with Crippen molar-refractivity contribution in [3.63, 3.8) is 0 Å². The van der Waals surface area contributed by atoms with Gasteiger partial charge in [-0.1, -0.05) is 206 Å². The van der Waals surface area contributed by atoms with Gasteiger partial charge in [0.25, 0.3) is 0 Å². The minimum atomic E-state index is -0.458. The number of para-hydroxylation sites is 2. The molecule has 0 unspecified atom stereocenters. The summed E-state index contributed by atoms with van der Waals surface area (Å²) in [6, 6.07) is 94.3. The van der Waals surface area contributed by atoms with Crippen LogP contribution in [0.2, 0.25) is 0 Å². The SMILES string of the molecule is c1ccc(-c2cccc3cccc(-c4ccc(N(c5cccc(-n6c7ccccc7c7ccccc76)c5)c5cccc6c5-c5ccccc5C65c6ccccc6-c6ccccc65)cc4)c23)cc1. The van der Waals surface area contributed by atoms with Crippen molar-refractivity contribution in [2.24, 2.45) is 0 Å². The smallest absolute Gasteiger partial charge is 0.0726 e. The minimum Gasteiger partial charge on any atom is -0.310 e. The highest BCUT2D eigenvalue weighted by molar-refractivity contribution is 6.10. The van der Waals surface area contributed by atoms with E-state index < -0.39 is 5.41 Å². The van der Waals surface area contributed by atoms with Gasteiger partial charge in [-0.25, -0.2) is 0 Å². The van der Waals surface area contributed by atoms with Crippen molar-refractivity contribution in [2.75, 3.05) is 4.90 Å². The first-order chi connectivity index (χ1) is 33.3. The fraction of sp³-hybridized carbons (Fsp3) is 0.0154. The van der Waals surface area contributed by atoms with Crippen LogP contribution in [0.5, 0.6) is 0 Å². The molecule has 1 heterocycles. The standard InChI is InChI=1S/C65H42N2/c1-2-18-43(19-3-1)49-29-14-20-45-21-15-30-50(63(45)49)44-38-40-46(41-39-44)66(47-22-16-23-48(42-47)67-60-35-12-7-26-53(60)54-27-8-13-36-61(54)67)62-37-17-34-59-64(62)55-28-6-11-33-58(55)65(59)56-31-9-4-24-51(56)52-25-5-10-32-57(52)65/h1-42H. The number of hydrogen-bond donors (Lipinski definition) is 0. The van der Waals surface area contributed by atoms with Crippen molar-refractivity contribution in [1.29, 1.82) is 0 Å². The summed E-state index contributed by atoms with van der Waals surface area (Å²) in [6.45, 7) is 0. The van der Waals surface area contributed by atoms with Gasteiger partial charge in [-0.15, -0.1) is 0 Å². The summed E-state index contributed by atoms with van der Waals surface area (Å²) in [5.41, 5.74) is 21.7. The van der Waals surface area contributed by atoms with E-state index in [2.05, 4.69) is 264 Å². The Morgan fingerprint density at radius 1 is 0.328 bits per heavy atom. The number of anilines is 3. The molecular formula is C65H42N2. The number of nitrogens with zero attached hydrogens (tertiary/aromatic N) is 2. The van der Waals surface area contributed by atoms with E-state index in [1.165, 1.54) is 99.3 Å². The number of aromatic nitrogens is 1. The van der Waals surface area contributed by atoms with Gasteiger partial charge in [0.15, 0.2) is 0 Å². The molecule has 0 saturated carbocycles. The van der Waals surface area contributed by atoms with Crippen molar-refractivity contribution in [3.05, 3.63) is 277 Å². The lowest BCUT2D eigenvalue weighted by Crippen LogP contribution is -2.26. The van der Waals surface area contributed by atoms with Crippen LogP contribution in [0.25, 0.3) is 82.8 Å². The lowest BCUT2D eigenvalue weighted by Gasteiger charge is -2.32. The Morgan fingerprint density at radius 2 is 0.821 bits per heavy atom. The number of rotatable bonds is 6. The Morgan fingerprint density at radius 3 is 1.48 bits per heavy atom. The Labute approximate surface area is 389 Å². The van der Waals surface area contributed by atoms with Crippen LogP contribution in [-0.4, -0.2) is 4.57 Å². The zero-order valence-corrected chi connectivity index (χ0v) is 36.6. The van der Waals surface area contributed by atoms with Gasteiger partial charge < -0.3 is 9.47 Å². The van der Waals surface area contributed by atoms with Crippen LogP contribution >= 0.6 is 0 Å². The van der Waals surface area contributed by atoms with E-state index in [-0.39, 0.29) is 0 Å². The zero-order chi connectivity index (χ0) is 44.1. The number of benzene rings is 11. The lowest BCUT2D eigenvalue weighted by atomic mass is 9.70. The van der Waals surface area contributed by atoms with E-state index in [4.69, 9.17) is 0 Å². The third-order valence-electron chi connectivity index (χ3n) is 14.6. The van der Waals surface area contributed by atoms with Gasteiger partial charge in [-0.05, 0) is 121 Å². The summed E-state index contributed by atoms with van der Waals surface area (Å²) in [5, 5.41) is 4.99. The molecule has 12 aromatic rings. The Hall–Kier alpha value is -8.72. The highest BCUT2D eigenvalue weighted by Gasteiger charge is 2.52. The molecule has 0 amide bonds. The van der Waals surface area contributed by atoms with E-state index in [0.29, 0.717) is 0 Å².